The fourth-order valence-electron chi connectivity index (χ4n) is 0.707. The van der Waals surface area contributed by atoms with E-state index in [9.17, 15) is 0 Å². The predicted octanol–water partition coefficient (Wildman–Crippen LogP) is 9.42. The summed E-state index contributed by atoms with van der Waals surface area (Å²) in [6.45, 7) is 21.8. The molecule has 0 aliphatic heterocycles. The Kier molecular flexibility index (Phi) is 93.2. The summed E-state index contributed by atoms with van der Waals surface area (Å²) in [4.78, 5) is 0. The first kappa shape index (κ1) is 32.8. The van der Waals surface area contributed by atoms with Crippen LogP contribution in [0.25, 0.3) is 0 Å². The molecule has 0 rings (SSSR count). The molecule has 0 atom stereocenters. The van der Waals surface area contributed by atoms with E-state index in [2.05, 4.69) is 69.2 Å². The summed E-state index contributed by atoms with van der Waals surface area (Å²) < 4.78 is 0. The quantitative estimate of drug-likeness (QED) is 0.458. The summed E-state index contributed by atoms with van der Waals surface area (Å²) in [7, 11) is 0. The first-order valence-corrected chi connectivity index (χ1v) is 10.1. The largest absolute Gasteiger partial charge is 0.0656 e. The van der Waals surface area contributed by atoms with E-state index in [-0.39, 0.29) is 0 Å². The topological polar surface area (TPSA) is 0 Å². The lowest BCUT2D eigenvalue weighted by atomic mass is 10.3. The van der Waals surface area contributed by atoms with Crippen molar-refractivity contribution in [2.45, 2.75) is 140 Å². The summed E-state index contributed by atoms with van der Waals surface area (Å²) in [5.74, 6) is 0. The van der Waals surface area contributed by atoms with Crippen molar-refractivity contribution >= 4 is 0 Å². The Morgan fingerprint density at radius 1 is 0.286 bits per heavy atom. The highest BCUT2D eigenvalue weighted by Gasteiger charge is 1.68. The van der Waals surface area contributed by atoms with Crippen LogP contribution in [0.3, 0.4) is 0 Å². The van der Waals surface area contributed by atoms with Crippen LogP contribution >= 0.6 is 0 Å². The van der Waals surface area contributed by atoms with Gasteiger partial charge < -0.3 is 0 Å². The highest BCUT2D eigenvalue weighted by Crippen LogP contribution is 1.88. The molecule has 0 N–H and O–H groups in total. The van der Waals surface area contributed by atoms with Gasteiger partial charge in [-0.15, -0.1) is 0 Å². The molecule has 0 fully saturated rings. The normalized spacial score (nSPS) is 7.71. The molecule has 0 heteroatoms. The van der Waals surface area contributed by atoms with Crippen molar-refractivity contribution in [1.82, 2.24) is 0 Å². The molecule has 0 saturated carbocycles. The molecule has 0 saturated heterocycles. The van der Waals surface area contributed by atoms with Crippen molar-refractivity contribution in [3.8, 4) is 0 Å². The van der Waals surface area contributed by atoms with Crippen LogP contribution in [0.2, 0.25) is 0 Å². The van der Waals surface area contributed by atoms with Gasteiger partial charge in [-0.2, -0.15) is 0 Å². The molecule has 0 aliphatic rings. The summed E-state index contributed by atoms with van der Waals surface area (Å²) in [6.07, 6.45) is 14.7. The lowest BCUT2D eigenvalue weighted by Gasteiger charge is -1.79. The molecule has 0 unspecified atom stereocenters. The van der Waals surface area contributed by atoms with Gasteiger partial charge in [-0.05, 0) is 0 Å². The van der Waals surface area contributed by atoms with Crippen molar-refractivity contribution in [3.63, 3.8) is 0 Å². The maximum Gasteiger partial charge on any atom is -0.0538 e. The minimum absolute atomic E-state index is 1.25. The molecule has 0 amide bonds. The van der Waals surface area contributed by atoms with E-state index in [1.54, 1.807) is 0 Å². The smallest absolute Gasteiger partial charge is 0.0538 e. The highest BCUT2D eigenvalue weighted by molar-refractivity contribution is 4.24. The average Bonchev–Trinajstić information content (AvgIpc) is 2.51. The van der Waals surface area contributed by atoms with Crippen LogP contribution in [-0.4, -0.2) is 0 Å². The van der Waals surface area contributed by atoms with Gasteiger partial charge in [0.2, 0.25) is 0 Å². The number of unbranched alkanes of at least 4 members (excludes halogenated alkanes) is 6. The van der Waals surface area contributed by atoms with Gasteiger partial charge in [0.1, 0.15) is 0 Å². The third kappa shape index (κ3) is 180. The summed E-state index contributed by atoms with van der Waals surface area (Å²) >= 11 is 0. The van der Waals surface area contributed by atoms with Crippen LogP contribution in [0.15, 0.2) is 0 Å². The van der Waals surface area contributed by atoms with E-state index in [1.807, 2.05) is 0 Å². The zero-order chi connectivity index (χ0) is 17.8. The number of hydrogen-bond donors (Lipinski definition) is 0. The first-order chi connectivity index (χ1) is 10.1. The molecule has 0 aromatic heterocycles. The van der Waals surface area contributed by atoms with Crippen LogP contribution in [0.4, 0.5) is 0 Å². The Morgan fingerprint density at radius 2 is 0.429 bits per heavy atom. The molecule has 0 spiro atoms. The minimum Gasteiger partial charge on any atom is -0.0656 e. The molecule has 0 radical (unpaired) electrons. The van der Waals surface area contributed by atoms with Crippen molar-refractivity contribution in [1.29, 1.82) is 0 Å². The summed E-state index contributed by atoms with van der Waals surface area (Å²) in [6, 6.07) is 0. The monoisotopic (exact) mass is 304 g/mol. The highest BCUT2D eigenvalue weighted by atomic mass is 13.8. The molecule has 0 bridgehead atoms. The van der Waals surface area contributed by atoms with Crippen molar-refractivity contribution in [2.24, 2.45) is 0 Å². The van der Waals surface area contributed by atoms with Crippen molar-refractivity contribution in [2.75, 3.05) is 0 Å². The van der Waals surface area contributed by atoms with Crippen LogP contribution in [0, 0.1) is 0 Å². The number of rotatable bonds is 6. The van der Waals surface area contributed by atoms with Gasteiger partial charge in [-0.25, -0.2) is 0 Å². The molecular formula is C21H52. The third-order valence-electron chi connectivity index (χ3n) is 2.41. The second kappa shape index (κ2) is 59.7. The van der Waals surface area contributed by atoms with Crippen LogP contribution in [0.1, 0.15) is 140 Å². The van der Waals surface area contributed by atoms with Crippen molar-refractivity contribution in [3.05, 3.63) is 0 Å². The standard InChI is InChI=1S/2C5H12.2C4H10.C3H8/c2*1-3-5-4-2;2*1-3-4-2;1-3-2/h2*3-5H2,1-2H3;2*3-4H2,1-2H3;3H2,1-2H3. The Hall–Kier alpha value is 0. The van der Waals surface area contributed by atoms with Crippen LogP contribution < -0.4 is 0 Å². The van der Waals surface area contributed by atoms with Crippen LogP contribution in [0.5, 0.6) is 0 Å². The average molecular weight is 305 g/mol. The lowest BCUT2D eigenvalue weighted by molar-refractivity contribution is 0.772. The summed E-state index contributed by atoms with van der Waals surface area (Å²) in [5, 5.41) is 0. The Morgan fingerprint density at radius 3 is 0.429 bits per heavy atom. The fraction of sp³-hybridized carbons (Fsp3) is 1.00. The van der Waals surface area contributed by atoms with E-state index in [4.69, 9.17) is 0 Å². The SMILES string of the molecule is CCC.CCCC.CCCC.CCCCC.CCCCC. The Labute approximate surface area is 140 Å². The van der Waals surface area contributed by atoms with Crippen molar-refractivity contribution < 1.29 is 0 Å². The maximum absolute atomic E-state index is 2.21. The lowest BCUT2D eigenvalue weighted by Crippen LogP contribution is -1.59. The zero-order valence-corrected chi connectivity index (χ0v) is 17.8. The van der Waals surface area contributed by atoms with Gasteiger partial charge in [0.15, 0.2) is 0 Å². The van der Waals surface area contributed by atoms with Gasteiger partial charge in [-0.1, -0.05) is 140 Å². The van der Waals surface area contributed by atoms with E-state index in [0.29, 0.717) is 0 Å². The van der Waals surface area contributed by atoms with Gasteiger partial charge in [0, 0.05) is 0 Å². The molecule has 0 heterocycles. The fourth-order valence-corrected chi connectivity index (χ4v) is 0.707. The molecule has 0 nitrogen and oxygen atoms in total. The number of hydrogen-bond acceptors (Lipinski definition) is 0. The molecule has 136 valence electrons. The minimum atomic E-state index is 1.25. The van der Waals surface area contributed by atoms with Gasteiger partial charge >= 0.3 is 0 Å². The second-order valence-corrected chi connectivity index (χ2v) is 5.41. The second-order valence-electron chi connectivity index (χ2n) is 5.41. The molecular weight excluding hydrogens is 252 g/mol. The zero-order valence-electron chi connectivity index (χ0n) is 17.8. The first-order valence-electron chi connectivity index (χ1n) is 10.1. The third-order valence-corrected chi connectivity index (χ3v) is 2.41. The van der Waals surface area contributed by atoms with E-state index in [1.165, 1.54) is 70.6 Å². The predicted molar refractivity (Wildman–Crippen MR) is 108 cm³/mol. The molecule has 0 aromatic carbocycles. The maximum atomic E-state index is 2.21. The summed E-state index contributed by atoms with van der Waals surface area (Å²) in [5.41, 5.74) is 0. The Balaban J connectivity index is -0.0000000514. The Bertz CT molecular complexity index is 58.1. The van der Waals surface area contributed by atoms with Crippen LogP contribution in [-0.2, 0) is 0 Å². The van der Waals surface area contributed by atoms with Gasteiger partial charge in [-0.3, -0.25) is 0 Å². The molecule has 21 heavy (non-hydrogen) atoms. The van der Waals surface area contributed by atoms with Gasteiger partial charge in [0.25, 0.3) is 0 Å². The van der Waals surface area contributed by atoms with E-state index < -0.39 is 0 Å². The molecule has 0 aromatic rings. The molecule has 0 aliphatic carbocycles. The van der Waals surface area contributed by atoms with Gasteiger partial charge in [0.05, 0.1) is 0 Å². The van der Waals surface area contributed by atoms with E-state index >= 15 is 0 Å². The van der Waals surface area contributed by atoms with E-state index in [0.717, 1.165) is 0 Å².